The number of amides is 1. The molecule has 1 fully saturated rings. The Morgan fingerprint density at radius 2 is 2.07 bits per heavy atom. The minimum atomic E-state index is -0.0192. The van der Waals surface area contributed by atoms with Crippen LogP contribution in [-0.2, 0) is 12.0 Å². The number of piperidine rings is 1. The van der Waals surface area contributed by atoms with E-state index >= 15 is 0 Å². The molecular weight excluding hydrogens is 358 g/mol. The van der Waals surface area contributed by atoms with Crippen molar-refractivity contribution in [2.75, 3.05) is 20.2 Å². The fraction of sp³-hybridized carbons (Fsp3) is 0.524. The first-order chi connectivity index (χ1) is 12.8. The highest BCUT2D eigenvalue weighted by molar-refractivity contribution is 7.13. The Hall–Kier alpha value is -1.92. The van der Waals surface area contributed by atoms with E-state index in [9.17, 15) is 4.79 Å². The Morgan fingerprint density at radius 1 is 1.33 bits per heavy atom. The lowest BCUT2D eigenvalue weighted by Gasteiger charge is -2.32. The molecular formula is C21H29N3O2S. The van der Waals surface area contributed by atoms with E-state index < -0.39 is 0 Å². The summed E-state index contributed by atoms with van der Waals surface area (Å²) in [4.78, 5) is 20.1. The predicted molar refractivity (Wildman–Crippen MR) is 110 cm³/mol. The summed E-state index contributed by atoms with van der Waals surface area (Å²) >= 11 is 1.50. The van der Waals surface area contributed by atoms with Crippen LogP contribution >= 0.6 is 11.3 Å². The van der Waals surface area contributed by atoms with Crippen LogP contribution < -0.4 is 10.1 Å². The van der Waals surface area contributed by atoms with E-state index in [-0.39, 0.29) is 17.4 Å². The summed E-state index contributed by atoms with van der Waals surface area (Å²) < 4.78 is 5.30. The van der Waals surface area contributed by atoms with Crippen molar-refractivity contribution in [2.45, 2.75) is 51.6 Å². The molecule has 1 aliphatic rings. The van der Waals surface area contributed by atoms with Crippen LogP contribution in [0, 0.1) is 0 Å². The third-order valence-electron chi connectivity index (χ3n) is 4.83. The molecule has 0 radical (unpaired) electrons. The van der Waals surface area contributed by atoms with Crippen LogP contribution in [0.25, 0.3) is 0 Å². The molecule has 0 atom stereocenters. The van der Waals surface area contributed by atoms with Crippen LogP contribution in [0.3, 0.4) is 0 Å². The Labute approximate surface area is 165 Å². The van der Waals surface area contributed by atoms with Crippen LogP contribution in [0.2, 0.25) is 0 Å². The fourth-order valence-corrected chi connectivity index (χ4v) is 4.12. The molecule has 1 saturated heterocycles. The lowest BCUT2D eigenvalue weighted by molar-refractivity contribution is 0.0913. The van der Waals surface area contributed by atoms with Gasteiger partial charge in [0, 0.05) is 31.1 Å². The normalized spacial score (nSPS) is 16.3. The van der Waals surface area contributed by atoms with Crippen molar-refractivity contribution in [3.05, 3.63) is 45.9 Å². The van der Waals surface area contributed by atoms with Gasteiger partial charge in [-0.2, -0.15) is 0 Å². The van der Waals surface area contributed by atoms with Gasteiger partial charge in [-0.1, -0.05) is 32.9 Å². The van der Waals surface area contributed by atoms with Gasteiger partial charge in [-0.25, -0.2) is 4.98 Å². The van der Waals surface area contributed by atoms with Crippen LogP contribution in [-0.4, -0.2) is 42.0 Å². The molecule has 1 aliphatic heterocycles. The number of benzene rings is 1. The first-order valence-electron chi connectivity index (χ1n) is 9.47. The minimum Gasteiger partial charge on any atom is -0.497 e. The third-order valence-corrected chi connectivity index (χ3v) is 6.26. The lowest BCUT2D eigenvalue weighted by Crippen LogP contribution is -2.44. The molecule has 1 aromatic carbocycles. The number of nitrogens with one attached hydrogen (secondary N) is 1. The number of aromatic nitrogens is 1. The van der Waals surface area contributed by atoms with Crippen molar-refractivity contribution in [3.63, 3.8) is 0 Å². The van der Waals surface area contributed by atoms with E-state index in [2.05, 4.69) is 48.1 Å². The van der Waals surface area contributed by atoms with Crippen molar-refractivity contribution in [1.29, 1.82) is 0 Å². The largest absolute Gasteiger partial charge is 0.497 e. The molecule has 0 spiro atoms. The van der Waals surface area contributed by atoms with Gasteiger partial charge in [-0.15, -0.1) is 11.3 Å². The van der Waals surface area contributed by atoms with Crippen LogP contribution in [0.1, 0.15) is 53.9 Å². The maximum atomic E-state index is 12.5. The number of thiazole rings is 1. The van der Waals surface area contributed by atoms with Gasteiger partial charge in [-0.3, -0.25) is 9.69 Å². The van der Waals surface area contributed by atoms with Gasteiger partial charge < -0.3 is 10.1 Å². The van der Waals surface area contributed by atoms with Gasteiger partial charge in [0.25, 0.3) is 5.91 Å². The summed E-state index contributed by atoms with van der Waals surface area (Å²) in [7, 11) is 1.70. The average molecular weight is 388 g/mol. The number of rotatable bonds is 5. The number of hydrogen-bond donors (Lipinski definition) is 1. The van der Waals surface area contributed by atoms with Gasteiger partial charge in [0.2, 0.25) is 0 Å². The summed E-state index contributed by atoms with van der Waals surface area (Å²) in [6.45, 7) is 9.24. The topological polar surface area (TPSA) is 54.5 Å². The molecule has 27 heavy (non-hydrogen) atoms. The van der Waals surface area contributed by atoms with Crippen molar-refractivity contribution < 1.29 is 9.53 Å². The number of carbonyl (C=O) groups excluding carboxylic acids is 1. The molecule has 0 aliphatic carbocycles. The molecule has 3 rings (SSSR count). The first kappa shape index (κ1) is 19.8. The summed E-state index contributed by atoms with van der Waals surface area (Å²) in [5, 5.41) is 4.19. The standard InChI is InChI=1S/C21H29N3O2S/c1-21(2,3)20-22-13-18(27-20)19(25)23-16-8-10-24(11-9-16)14-15-6-5-7-17(12-15)26-4/h5-7,12-13,16H,8-11,14H2,1-4H3,(H,23,25). The zero-order valence-corrected chi connectivity index (χ0v) is 17.4. The zero-order chi connectivity index (χ0) is 19.4. The van der Waals surface area contributed by atoms with Gasteiger partial charge >= 0.3 is 0 Å². The van der Waals surface area contributed by atoms with E-state index in [1.807, 2.05) is 12.1 Å². The Bertz CT molecular complexity index is 774. The van der Waals surface area contributed by atoms with Gasteiger partial charge in [-0.05, 0) is 30.5 Å². The predicted octanol–water partition coefficient (Wildman–Crippen LogP) is 3.84. The molecule has 0 unspecified atom stereocenters. The Morgan fingerprint density at radius 3 is 2.70 bits per heavy atom. The highest BCUT2D eigenvalue weighted by Gasteiger charge is 2.24. The van der Waals surface area contributed by atoms with E-state index in [0.717, 1.165) is 43.2 Å². The van der Waals surface area contributed by atoms with Gasteiger partial charge in [0.05, 0.1) is 18.3 Å². The fourth-order valence-electron chi connectivity index (χ4n) is 3.25. The number of ether oxygens (including phenoxy) is 1. The third kappa shape index (κ3) is 5.30. The van der Waals surface area contributed by atoms with E-state index in [4.69, 9.17) is 4.74 Å². The highest BCUT2D eigenvalue weighted by atomic mass is 32.1. The van der Waals surface area contributed by atoms with E-state index in [1.165, 1.54) is 16.9 Å². The van der Waals surface area contributed by atoms with Crippen molar-refractivity contribution in [2.24, 2.45) is 0 Å². The number of methoxy groups -OCH3 is 1. The van der Waals surface area contributed by atoms with Crippen molar-refractivity contribution in [1.82, 2.24) is 15.2 Å². The zero-order valence-electron chi connectivity index (χ0n) is 16.6. The SMILES string of the molecule is COc1cccc(CN2CCC(NC(=O)c3cnc(C(C)(C)C)s3)CC2)c1. The van der Waals surface area contributed by atoms with E-state index in [0.29, 0.717) is 4.88 Å². The molecule has 1 N–H and O–H groups in total. The molecule has 2 heterocycles. The summed E-state index contributed by atoms with van der Waals surface area (Å²) in [5.41, 5.74) is 1.24. The Balaban J connectivity index is 1.49. The van der Waals surface area contributed by atoms with E-state index in [1.54, 1.807) is 13.3 Å². The first-order valence-corrected chi connectivity index (χ1v) is 10.3. The molecule has 6 heteroatoms. The molecule has 1 aromatic heterocycles. The molecule has 0 saturated carbocycles. The van der Waals surface area contributed by atoms with Crippen LogP contribution in [0.5, 0.6) is 5.75 Å². The highest BCUT2D eigenvalue weighted by Crippen LogP contribution is 2.27. The second-order valence-electron chi connectivity index (χ2n) is 8.16. The molecule has 5 nitrogen and oxygen atoms in total. The maximum absolute atomic E-state index is 12.5. The Kier molecular flexibility index (Phi) is 6.17. The quantitative estimate of drug-likeness (QED) is 0.847. The molecule has 146 valence electrons. The summed E-state index contributed by atoms with van der Waals surface area (Å²) in [6, 6.07) is 8.45. The second-order valence-corrected chi connectivity index (χ2v) is 9.19. The molecule has 0 bridgehead atoms. The van der Waals surface area contributed by atoms with Crippen molar-refractivity contribution in [3.8, 4) is 5.75 Å². The minimum absolute atomic E-state index is 0.00856. The average Bonchev–Trinajstić information content (AvgIpc) is 3.14. The van der Waals surface area contributed by atoms with Crippen LogP contribution in [0.15, 0.2) is 30.5 Å². The number of nitrogens with zero attached hydrogens (tertiary/aromatic N) is 2. The monoisotopic (exact) mass is 387 g/mol. The number of hydrogen-bond acceptors (Lipinski definition) is 5. The van der Waals surface area contributed by atoms with Gasteiger partial charge in [0.1, 0.15) is 10.6 Å². The summed E-state index contributed by atoms with van der Waals surface area (Å²) in [5.74, 6) is 0.906. The number of carbonyl (C=O) groups is 1. The molecule has 1 amide bonds. The summed E-state index contributed by atoms with van der Waals surface area (Å²) in [6.07, 6.45) is 3.65. The smallest absolute Gasteiger partial charge is 0.263 e. The van der Waals surface area contributed by atoms with Gasteiger partial charge in [0.15, 0.2) is 0 Å². The maximum Gasteiger partial charge on any atom is 0.263 e. The molecule has 2 aromatic rings. The van der Waals surface area contributed by atoms with Crippen molar-refractivity contribution >= 4 is 17.2 Å². The van der Waals surface area contributed by atoms with Crippen LogP contribution in [0.4, 0.5) is 0 Å². The second kappa shape index (κ2) is 8.40. The number of likely N-dealkylation sites (tertiary alicyclic amines) is 1. The lowest BCUT2D eigenvalue weighted by atomic mass is 9.98.